The van der Waals surface area contributed by atoms with Crippen LogP contribution in [0.2, 0.25) is 0 Å². The van der Waals surface area contributed by atoms with E-state index in [1.54, 1.807) is 0 Å². The molecule has 4 nitrogen and oxygen atoms in total. The first-order valence-electron chi connectivity index (χ1n) is 7.55. The van der Waals surface area contributed by atoms with E-state index in [0.717, 1.165) is 39.0 Å². The second-order valence-electron chi connectivity index (χ2n) is 6.83. The van der Waals surface area contributed by atoms with Crippen LogP contribution in [0.5, 0.6) is 0 Å². The minimum absolute atomic E-state index is 0.00465. The average molecular weight is 268 g/mol. The average Bonchev–Trinajstić information content (AvgIpc) is 2.61. The van der Waals surface area contributed by atoms with Crippen LogP contribution in [-0.2, 0) is 9.53 Å². The molecule has 2 atom stereocenters. The summed E-state index contributed by atoms with van der Waals surface area (Å²) in [6.45, 7) is 12.9. The number of carbonyl (C=O) groups excluding carboxylic acids is 1. The molecular formula is C15H28N2O2. The Labute approximate surface area is 116 Å². The van der Waals surface area contributed by atoms with Crippen molar-refractivity contribution in [1.82, 2.24) is 10.2 Å². The van der Waals surface area contributed by atoms with Crippen molar-refractivity contribution >= 4 is 5.97 Å². The summed E-state index contributed by atoms with van der Waals surface area (Å²) in [5.41, 5.74) is -0.182. The first-order valence-corrected chi connectivity index (χ1v) is 7.55. The number of piperazine rings is 1. The lowest BCUT2D eigenvalue weighted by Crippen LogP contribution is -2.62. The number of esters is 1. The second kappa shape index (κ2) is 5.41. The van der Waals surface area contributed by atoms with Crippen molar-refractivity contribution in [1.29, 1.82) is 0 Å². The molecular weight excluding hydrogens is 240 g/mol. The van der Waals surface area contributed by atoms with E-state index in [2.05, 4.69) is 31.0 Å². The molecule has 2 fully saturated rings. The van der Waals surface area contributed by atoms with Crippen molar-refractivity contribution in [3.8, 4) is 0 Å². The first kappa shape index (κ1) is 14.8. The quantitative estimate of drug-likeness (QED) is 0.790. The monoisotopic (exact) mass is 268 g/mol. The van der Waals surface area contributed by atoms with Crippen LogP contribution in [0.4, 0.5) is 0 Å². The van der Waals surface area contributed by atoms with Crippen molar-refractivity contribution in [2.75, 3.05) is 32.8 Å². The van der Waals surface area contributed by atoms with E-state index >= 15 is 0 Å². The summed E-state index contributed by atoms with van der Waals surface area (Å²) >= 11 is 0. The summed E-state index contributed by atoms with van der Waals surface area (Å²) in [6, 6.07) is 0. The van der Waals surface area contributed by atoms with Gasteiger partial charge in [0.2, 0.25) is 0 Å². The second-order valence-corrected chi connectivity index (χ2v) is 6.83. The van der Waals surface area contributed by atoms with Crippen LogP contribution in [0.25, 0.3) is 0 Å². The molecule has 19 heavy (non-hydrogen) atoms. The molecule has 0 spiro atoms. The molecule has 1 N–H and O–H groups in total. The van der Waals surface area contributed by atoms with Gasteiger partial charge in [0, 0.05) is 26.2 Å². The predicted octanol–water partition coefficient (Wildman–Crippen LogP) is 1.65. The molecule has 2 unspecified atom stereocenters. The third kappa shape index (κ3) is 2.65. The lowest BCUT2D eigenvalue weighted by Gasteiger charge is -2.44. The van der Waals surface area contributed by atoms with Crippen LogP contribution in [0.1, 0.15) is 40.5 Å². The van der Waals surface area contributed by atoms with Gasteiger partial charge in [-0.2, -0.15) is 0 Å². The molecule has 0 aromatic rings. The van der Waals surface area contributed by atoms with Gasteiger partial charge >= 0.3 is 5.97 Å². The maximum atomic E-state index is 12.7. The Bertz CT molecular complexity index is 337. The normalized spacial score (nSPS) is 35.3. The molecule has 2 rings (SSSR count). The SMILES string of the molecule is CCOC(=O)C1(N2CCNCC2)CC(C)(C)CC1C. The van der Waals surface area contributed by atoms with Crippen molar-refractivity contribution in [2.24, 2.45) is 11.3 Å². The summed E-state index contributed by atoms with van der Waals surface area (Å²) in [4.78, 5) is 15.1. The van der Waals surface area contributed by atoms with Crippen LogP contribution >= 0.6 is 0 Å². The number of carbonyl (C=O) groups is 1. The van der Waals surface area contributed by atoms with Crippen LogP contribution in [-0.4, -0.2) is 49.2 Å². The van der Waals surface area contributed by atoms with Gasteiger partial charge in [-0.25, -0.2) is 0 Å². The molecule has 0 aromatic carbocycles. The third-order valence-corrected chi connectivity index (χ3v) is 4.73. The Morgan fingerprint density at radius 2 is 2.00 bits per heavy atom. The number of rotatable bonds is 3. The zero-order valence-corrected chi connectivity index (χ0v) is 12.8. The van der Waals surface area contributed by atoms with Crippen molar-refractivity contribution in [2.45, 2.75) is 46.1 Å². The van der Waals surface area contributed by atoms with E-state index in [-0.39, 0.29) is 11.4 Å². The highest BCUT2D eigenvalue weighted by Crippen LogP contribution is 2.51. The molecule has 0 aromatic heterocycles. The number of hydrogen-bond acceptors (Lipinski definition) is 4. The molecule has 1 heterocycles. The lowest BCUT2D eigenvalue weighted by atomic mass is 9.84. The molecule has 4 heteroatoms. The number of hydrogen-bond donors (Lipinski definition) is 1. The van der Waals surface area contributed by atoms with Crippen LogP contribution < -0.4 is 5.32 Å². The van der Waals surface area contributed by atoms with Gasteiger partial charge < -0.3 is 10.1 Å². The maximum absolute atomic E-state index is 12.7. The Hall–Kier alpha value is -0.610. The summed E-state index contributed by atoms with van der Waals surface area (Å²) in [6.07, 6.45) is 2.01. The van der Waals surface area contributed by atoms with Gasteiger partial charge in [0.1, 0.15) is 5.54 Å². The standard InChI is InChI=1S/C15H28N2O2/c1-5-19-13(18)15(17-8-6-16-7-9-17)11-14(3,4)10-12(15)2/h12,16H,5-11H2,1-4H3. The largest absolute Gasteiger partial charge is 0.465 e. The minimum atomic E-state index is -0.401. The van der Waals surface area contributed by atoms with Gasteiger partial charge in [0.25, 0.3) is 0 Å². The molecule has 2 aliphatic rings. The highest BCUT2D eigenvalue weighted by atomic mass is 16.5. The van der Waals surface area contributed by atoms with Crippen molar-refractivity contribution in [3.63, 3.8) is 0 Å². The predicted molar refractivity (Wildman–Crippen MR) is 76.0 cm³/mol. The molecule has 0 bridgehead atoms. The van der Waals surface area contributed by atoms with E-state index in [4.69, 9.17) is 4.74 Å². The Kier molecular flexibility index (Phi) is 4.21. The van der Waals surface area contributed by atoms with Crippen LogP contribution in [0.3, 0.4) is 0 Å². The van der Waals surface area contributed by atoms with E-state index in [1.165, 1.54) is 0 Å². The minimum Gasteiger partial charge on any atom is -0.465 e. The summed E-state index contributed by atoms with van der Waals surface area (Å²) < 4.78 is 5.45. The first-order chi connectivity index (χ1) is 8.92. The Morgan fingerprint density at radius 3 is 2.47 bits per heavy atom. The summed E-state index contributed by atoms with van der Waals surface area (Å²) in [5, 5.41) is 3.37. The molecule has 0 radical (unpaired) electrons. The van der Waals surface area contributed by atoms with E-state index < -0.39 is 5.54 Å². The third-order valence-electron chi connectivity index (χ3n) is 4.73. The van der Waals surface area contributed by atoms with Gasteiger partial charge in [0.05, 0.1) is 6.61 Å². The van der Waals surface area contributed by atoms with Gasteiger partial charge in [-0.3, -0.25) is 9.69 Å². The molecule has 110 valence electrons. The highest BCUT2D eigenvalue weighted by Gasteiger charge is 2.57. The fraction of sp³-hybridized carbons (Fsp3) is 0.933. The zero-order valence-electron chi connectivity index (χ0n) is 12.8. The molecule has 1 aliphatic carbocycles. The lowest BCUT2D eigenvalue weighted by molar-refractivity contribution is -0.161. The molecule has 1 saturated heterocycles. The van der Waals surface area contributed by atoms with Gasteiger partial charge in [-0.15, -0.1) is 0 Å². The van der Waals surface area contributed by atoms with Crippen LogP contribution in [0.15, 0.2) is 0 Å². The highest BCUT2D eigenvalue weighted by molar-refractivity contribution is 5.82. The van der Waals surface area contributed by atoms with Crippen LogP contribution in [0, 0.1) is 11.3 Å². The fourth-order valence-corrected chi connectivity index (χ4v) is 4.12. The number of ether oxygens (including phenoxy) is 1. The van der Waals surface area contributed by atoms with Gasteiger partial charge in [0.15, 0.2) is 0 Å². The van der Waals surface area contributed by atoms with E-state index in [0.29, 0.717) is 12.5 Å². The van der Waals surface area contributed by atoms with Gasteiger partial charge in [-0.1, -0.05) is 20.8 Å². The van der Waals surface area contributed by atoms with E-state index in [9.17, 15) is 4.79 Å². The van der Waals surface area contributed by atoms with Crippen molar-refractivity contribution < 1.29 is 9.53 Å². The summed E-state index contributed by atoms with van der Waals surface area (Å²) in [7, 11) is 0. The van der Waals surface area contributed by atoms with E-state index in [1.807, 2.05) is 6.92 Å². The Morgan fingerprint density at radius 1 is 1.37 bits per heavy atom. The molecule has 0 amide bonds. The number of nitrogens with one attached hydrogen (secondary N) is 1. The summed E-state index contributed by atoms with van der Waals surface area (Å²) in [5.74, 6) is 0.356. The topological polar surface area (TPSA) is 41.6 Å². The number of nitrogens with zero attached hydrogens (tertiary/aromatic N) is 1. The smallest absolute Gasteiger partial charge is 0.326 e. The maximum Gasteiger partial charge on any atom is 0.326 e. The molecule has 1 saturated carbocycles. The Balaban J connectivity index is 2.29. The molecule has 1 aliphatic heterocycles. The van der Waals surface area contributed by atoms with Gasteiger partial charge in [-0.05, 0) is 31.1 Å². The fourth-order valence-electron chi connectivity index (χ4n) is 4.12. The van der Waals surface area contributed by atoms with Crippen molar-refractivity contribution in [3.05, 3.63) is 0 Å². The zero-order chi connectivity index (χ0) is 14.1.